The molecule has 2 aliphatic heterocycles. The van der Waals surface area contributed by atoms with Crippen molar-refractivity contribution in [3.05, 3.63) is 29.0 Å². The molecule has 5 nitrogen and oxygen atoms in total. The zero-order valence-corrected chi connectivity index (χ0v) is 15.7. The highest BCUT2D eigenvalue weighted by Crippen LogP contribution is 2.20. The van der Waals surface area contributed by atoms with E-state index in [4.69, 9.17) is 11.6 Å². The molecule has 1 aromatic rings. The molecule has 6 heteroatoms. The molecule has 0 spiro atoms. The number of carbonyl (C=O) groups excluding carboxylic acids is 1. The molecule has 0 bridgehead atoms. The number of rotatable bonds is 6. The average molecular weight is 365 g/mol. The van der Waals surface area contributed by atoms with Crippen molar-refractivity contribution in [3.63, 3.8) is 0 Å². The quantitative estimate of drug-likeness (QED) is 0.623. The molecule has 1 aromatic heterocycles. The maximum absolute atomic E-state index is 12.0. The molecule has 0 saturated carbocycles. The van der Waals surface area contributed by atoms with Crippen LogP contribution in [0.4, 0.5) is 0 Å². The number of amides is 1. The van der Waals surface area contributed by atoms with E-state index in [2.05, 4.69) is 20.1 Å². The third kappa shape index (κ3) is 5.66. The van der Waals surface area contributed by atoms with Crippen LogP contribution in [0.1, 0.15) is 48.9 Å². The van der Waals surface area contributed by atoms with Gasteiger partial charge >= 0.3 is 0 Å². The minimum atomic E-state index is -0.0760. The van der Waals surface area contributed by atoms with Gasteiger partial charge in [-0.1, -0.05) is 18.0 Å². The lowest BCUT2D eigenvalue weighted by atomic mass is 10.00. The van der Waals surface area contributed by atoms with E-state index < -0.39 is 0 Å². The van der Waals surface area contributed by atoms with E-state index in [0.29, 0.717) is 17.3 Å². The van der Waals surface area contributed by atoms with Gasteiger partial charge in [0.05, 0.1) is 5.56 Å². The van der Waals surface area contributed by atoms with Crippen molar-refractivity contribution >= 4 is 17.5 Å². The Bertz CT molecular complexity index is 537. The molecular weight excluding hydrogens is 336 g/mol. The highest BCUT2D eigenvalue weighted by atomic mass is 35.5. The normalized spacial score (nSPS) is 20.5. The van der Waals surface area contributed by atoms with Crippen molar-refractivity contribution in [1.29, 1.82) is 0 Å². The predicted molar refractivity (Wildman–Crippen MR) is 101 cm³/mol. The SMILES string of the molecule is O=C(NCCCN1CCC(N2CCCCC2)CC1)c1ccc(Cl)nc1. The van der Waals surface area contributed by atoms with Gasteiger partial charge in [0.15, 0.2) is 0 Å². The van der Waals surface area contributed by atoms with Crippen LogP contribution in [-0.2, 0) is 0 Å². The predicted octanol–water partition coefficient (Wildman–Crippen LogP) is 2.81. The van der Waals surface area contributed by atoms with Crippen LogP contribution in [0, 0.1) is 0 Å². The van der Waals surface area contributed by atoms with Crippen LogP contribution in [0.5, 0.6) is 0 Å². The van der Waals surface area contributed by atoms with Gasteiger partial charge in [0.25, 0.3) is 5.91 Å². The maximum atomic E-state index is 12.0. The lowest BCUT2D eigenvalue weighted by molar-refractivity contribution is 0.0902. The first-order chi connectivity index (χ1) is 12.2. The molecule has 1 amide bonds. The third-order valence-electron chi connectivity index (χ3n) is 5.39. The van der Waals surface area contributed by atoms with E-state index in [1.54, 1.807) is 12.1 Å². The van der Waals surface area contributed by atoms with Gasteiger partial charge in [-0.05, 0) is 77.0 Å². The molecule has 25 heavy (non-hydrogen) atoms. The van der Waals surface area contributed by atoms with Crippen LogP contribution >= 0.6 is 11.6 Å². The Labute approximate surface area is 155 Å². The summed E-state index contributed by atoms with van der Waals surface area (Å²) in [6, 6.07) is 4.15. The van der Waals surface area contributed by atoms with Crippen molar-refractivity contribution in [2.24, 2.45) is 0 Å². The first-order valence-corrected chi connectivity index (χ1v) is 9.96. The molecule has 0 aromatic carbocycles. The van der Waals surface area contributed by atoms with Gasteiger partial charge in [-0.25, -0.2) is 4.98 Å². The van der Waals surface area contributed by atoms with E-state index in [1.807, 2.05) is 0 Å². The Balaban J connectivity index is 1.29. The lowest BCUT2D eigenvalue weighted by Crippen LogP contribution is -2.47. The minimum absolute atomic E-state index is 0.0760. The molecule has 2 fully saturated rings. The summed E-state index contributed by atoms with van der Waals surface area (Å²) in [6.45, 7) is 6.75. The second-order valence-corrected chi connectivity index (χ2v) is 7.54. The van der Waals surface area contributed by atoms with Gasteiger partial charge in [0.2, 0.25) is 0 Å². The van der Waals surface area contributed by atoms with E-state index in [1.165, 1.54) is 64.5 Å². The summed E-state index contributed by atoms with van der Waals surface area (Å²) in [4.78, 5) is 21.2. The maximum Gasteiger partial charge on any atom is 0.252 e. The fraction of sp³-hybridized carbons (Fsp3) is 0.684. The van der Waals surface area contributed by atoms with Crippen molar-refractivity contribution in [1.82, 2.24) is 20.1 Å². The summed E-state index contributed by atoms with van der Waals surface area (Å²) in [5.74, 6) is -0.0760. The number of carbonyl (C=O) groups is 1. The Hall–Kier alpha value is -1.17. The number of piperidine rings is 2. The van der Waals surface area contributed by atoms with Gasteiger partial charge in [-0.3, -0.25) is 4.79 Å². The molecule has 0 atom stereocenters. The van der Waals surface area contributed by atoms with Crippen molar-refractivity contribution in [2.75, 3.05) is 39.3 Å². The fourth-order valence-electron chi connectivity index (χ4n) is 3.91. The monoisotopic (exact) mass is 364 g/mol. The van der Waals surface area contributed by atoms with Gasteiger partial charge < -0.3 is 15.1 Å². The number of hydrogen-bond acceptors (Lipinski definition) is 4. The minimum Gasteiger partial charge on any atom is -0.352 e. The summed E-state index contributed by atoms with van der Waals surface area (Å²) < 4.78 is 0. The third-order valence-corrected chi connectivity index (χ3v) is 5.61. The molecule has 3 heterocycles. The molecular formula is C19H29ClN4O. The average Bonchev–Trinajstić information content (AvgIpc) is 2.67. The van der Waals surface area contributed by atoms with Crippen LogP contribution < -0.4 is 5.32 Å². The second-order valence-electron chi connectivity index (χ2n) is 7.15. The number of hydrogen-bond donors (Lipinski definition) is 1. The number of nitrogens with zero attached hydrogens (tertiary/aromatic N) is 3. The molecule has 2 aliphatic rings. The summed E-state index contributed by atoms with van der Waals surface area (Å²) in [6.07, 6.45) is 9.26. The Morgan fingerprint density at radius 1 is 1.16 bits per heavy atom. The summed E-state index contributed by atoms with van der Waals surface area (Å²) in [7, 11) is 0. The summed E-state index contributed by atoms with van der Waals surface area (Å²) >= 11 is 5.74. The topological polar surface area (TPSA) is 48.5 Å². The fourth-order valence-corrected chi connectivity index (χ4v) is 4.02. The number of nitrogens with one attached hydrogen (secondary N) is 1. The number of halogens is 1. The smallest absolute Gasteiger partial charge is 0.252 e. The van der Waals surface area contributed by atoms with Gasteiger partial charge in [0.1, 0.15) is 5.15 Å². The Morgan fingerprint density at radius 3 is 2.60 bits per heavy atom. The van der Waals surface area contributed by atoms with E-state index in [9.17, 15) is 4.79 Å². The van der Waals surface area contributed by atoms with Crippen LogP contribution in [0.15, 0.2) is 18.3 Å². The number of likely N-dealkylation sites (tertiary alicyclic amines) is 2. The lowest BCUT2D eigenvalue weighted by Gasteiger charge is -2.40. The van der Waals surface area contributed by atoms with Gasteiger partial charge in [-0.2, -0.15) is 0 Å². The van der Waals surface area contributed by atoms with Crippen LogP contribution in [0.3, 0.4) is 0 Å². The summed E-state index contributed by atoms with van der Waals surface area (Å²) in [5.41, 5.74) is 0.562. The number of pyridine rings is 1. The van der Waals surface area contributed by atoms with E-state index >= 15 is 0 Å². The van der Waals surface area contributed by atoms with Crippen LogP contribution in [0.25, 0.3) is 0 Å². The molecule has 0 radical (unpaired) electrons. The van der Waals surface area contributed by atoms with Gasteiger partial charge in [0, 0.05) is 18.8 Å². The standard InChI is InChI=1S/C19H29ClN4O/c20-18-6-5-16(15-22-18)19(25)21-9-4-10-23-13-7-17(8-14-23)24-11-2-1-3-12-24/h5-6,15,17H,1-4,7-14H2,(H,21,25). The summed E-state index contributed by atoms with van der Waals surface area (Å²) in [5, 5.41) is 3.37. The van der Waals surface area contributed by atoms with E-state index in [-0.39, 0.29) is 5.91 Å². The van der Waals surface area contributed by atoms with E-state index in [0.717, 1.165) is 19.0 Å². The molecule has 2 saturated heterocycles. The van der Waals surface area contributed by atoms with Crippen molar-refractivity contribution in [2.45, 2.75) is 44.6 Å². The molecule has 0 unspecified atom stereocenters. The second kappa shape index (κ2) is 9.51. The van der Waals surface area contributed by atoms with Crippen LogP contribution in [-0.4, -0.2) is 66.0 Å². The largest absolute Gasteiger partial charge is 0.352 e. The molecule has 0 aliphatic carbocycles. The highest BCUT2D eigenvalue weighted by molar-refractivity contribution is 6.29. The first-order valence-electron chi connectivity index (χ1n) is 9.58. The highest BCUT2D eigenvalue weighted by Gasteiger charge is 2.25. The molecule has 138 valence electrons. The Kier molecular flexibility index (Phi) is 7.08. The molecule has 3 rings (SSSR count). The van der Waals surface area contributed by atoms with Crippen molar-refractivity contribution < 1.29 is 4.79 Å². The van der Waals surface area contributed by atoms with Crippen molar-refractivity contribution in [3.8, 4) is 0 Å². The first kappa shape index (κ1) is 18.6. The molecule has 1 N–H and O–H groups in total. The number of aromatic nitrogens is 1. The zero-order valence-electron chi connectivity index (χ0n) is 14.9. The Morgan fingerprint density at radius 2 is 1.92 bits per heavy atom. The van der Waals surface area contributed by atoms with Gasteiger partial charge in [-0.15, -0.1) is 0 Å². The zero-order chi connectivity index (χ0) is 17.5. The van der Waals surface area contributed by atoms with Crippen LogP contribution in [0.2, 0.25) is 5.15 Å².